The van der Waals surface area contributed by atoms with Gasteiger partial charge in [0.25, 0.3) is 0 Å². The van der Waals surface area contributed by atoms with E-state index in [9.17, 15) is 30.8 Å². The Morgan fingerprint density at radius 2 is 1.86 bits per heavy atom. The fraction of sp³-hybridized carbons (Fsp3) is 0.417. The van der Waals surface area contributed by atoms with Crippen molar-refractivity contribution < 1.29 is 30.8 Å². The largest absolute Gasteiger partial charge is 0.406 e. The van der Waals surface area contributed by atoms with Crippen molar-refractivity contribution in [3.8, 4) is 0 Å². The lowest BCUT2D eigenvalue weighted by molar-refractivity contribution is -0.129. The minimum absolute atomic E-state index is 0.159. The predicted octanol–water partition coefficient (Wildman–Crippen LogP) is 1.56. The van der Waals surface area contributed by atoms with E-state index in [0.29, 0.717) is 6.92 Å². The first kappa shape index (κ1) is 18.4. The molecule has 22 heavy (non-hydrogen) atoms. The molecule has 0 bridgehead atoms. The third-order valence-electron chi connectivity index (χ3n) is 3.11. The number of carbonyl (C=O) groups excluding carboxylic acids is 1. The maximum atomic E-state index is 13.2. The molecule has 0 aliphatic heterocycles. The number of alkyl halides is 3. The first-order chi connectivity index (χ1) is 9.89. The van der Waals surface area contributed by atoms with E-state index in [1.165, 1.54) is 12.1 Å². The topological polar surface area (TPSA) is 80.5 Å². The van der Waals surface area contributed by atoms with E-state index in [0.717, 1.165) is 19.2 Å². The first-order valence-electron chi connectivity index (χ1n) is 5.97. The SMILES string of the molecule is C[C@H](C(F)(F)F)S(=O)(=O)N(C)[C@@H](C(N)=O)c1cccc(F)c1. The zero-order chi connectivity index (χ0) is 17.3. The van der Waals surface area contributed by atoms with Crippen LogP contribution >= 0.6 is 0 Å². The molecular weight excluding hydrogens is 328 g/mol. The molecule has 0 saturated carbocycles. The van der Waals surface area contributed by atoms with Gasteiger partial charge in [-0.15, -0.1) is 0 Å². The van der Waals surface area contributed by atoms with Gasteiger partial charge in [-0.1, -0.05) is 12.1 Å². The van der Waals surface area contributed by atoms with Gasteiger partial charge in [-0.05, 0) is 24.6 Å². The molecule has 1 aromatic carbocycles. The normalized spacial score (nSPS) is 15.6. The van der Waals surface area contributed by atoms with Crippen LogP contribution in [0.15, 0.2) is 24.3 Å². The molecule has 1 rings (SSSR count). The molecule has 0 radical (unpaired) electrons. The Balaban J connectivity index is 3.31. The van der Waals surface area contributed by atoms with Gasteiger partial charge in [-0.3, -0.25) is 4.79 Å². The van der Waals surface area contributed by atoms with E-state index in [1.54, 1.807) is 0 Å². The Kier molecular flexibility index (Phi) is 5.18. The summed E-state index contributed by atoms with van der Waals surface area (Å²) in [5.74, 6) is -2.00. The van der Waals surface area contributed by atoms with Gasteiger partial charge in [-0.25, -0.2) is 12.8 Å². The summed E-state index contributed by atoms with van der Waals surface area (Å²) in [7, 11) is -4.13. The molecule has 0 spiro atoms. The molecule has 0 fully saturated rings. The number of hydrogen-bond acceptors (Lipinski definition) is 3. The van der Waals surface area contributed by atoms with Crippen LogP contribution in [-0.4, -0.2) is 37.1 Å². The molecular formula is C12H14F4N2O3S. The number of rotatable bonds is 5. The summed E-state index contributed by atoms with van der Waals surface area (Å²) in [6.07, 6.45) is -5.02. The molecule has 1 amide bonds. The Morgan fingerprint density at radius 3 is 2.27 bits per heavy atom. The smallest absolute Gasteiger partial charge is 0.368 e. The van der Waals surface area contributed by atoms with E-state index in [2.05, 4.69) is 0 Å². The number of nitrogens with zero attached hydrogens (tertiary/aromatic N) is 1. The van der Waals surface area contributed by atoms with E-state index in [-0.39, 0.29) is 9.87 Å². The summed E-state index contributed by atoms with van der Waals surface area (Å²) < 4.78 is 75.3. The quantitative estimate of drug-likeness (QED) is 0.825. The lowest BCUT2D eigenvalue weighted by atomic mass is 10.1. The molecule has 0 aliphatic rings. The Morgan fingerprint density at radius 1 is 1.32 bits per heavy atom. The molecule has 5 nitrogen and oxygen atoms in total. The Bertz CT molecular complexity index is 661. The van der Waals surface area contributed by atoms with Gasteiger partial charge in [-0.2, -0.15) is 17.5 Å². The molecule has 1 aromatic rings. The number of amides is 1. The van der Waals surface area contributed by atoms with Crippen LogP contribution < -0.4 is 5.73 Å². The fourth-order valence-electron chi connectivity index (χ4n) is 1.80. The predicted molar refractivity (Wildman–Crippen MR) is 70.5 cm³/mol. The van der Waals surface area contributed by atoms with Crippen LogP contribution in [0, 0.1) is 5.82 Å². The van der Waals surface area contributed by atoms with E-state index in [4.69, 9.17) is 5.73 Å². The molecule has 0 unspecified atom stereocenters. The van der Waals surface area contributed by atoms with Gasteiger partial charge < -0.3 is 5.73 Å². The molecule has 10 heteroatoms. The second-order valence-corrected chi connectivity index (χ2v) is 6.92. The summed E-state index contributed by atoms with van der Waals surface area (Å²) in [4.78, 5) is 11.5. The van der Waals surface area contributed by atoms with E-state index in [1.807, 2.05) is 0 Å². The molecule has 124 valence electrons. The van der Waals surface area contributed by atoms with Crippen molar-refractivity contribution >= 4 is 15.9 Å². The van der Waals surface area contributed by atoms with Crippen molar-refractivity contribution in [1.29, 1.82) is 0 Å². The van der Waals surface area contributed by atoms with Crippen molar-refractivity contribution in [2.75, 3.05) is 7.05 Å². The van der Waals surface area contributed by atoms with Gasteiger partial charge >= 0.3 is 6.18 Å². The second-order valence-electron chi connectivity index (χ2n) is 4.60. The van der Waals surface area contributed by atoms with Crippen LogP contribution in [0.4, 0.5) is 17.6 Å². The molecule has 0 aliphatic carbocycles. The van der Waals surface area contributed by atoms with Crippen LogP contribution in [-0.2, 0) is 14.8 Å². The van der Waals surface area contributed by atoms with Crippen LogP contribution in [0.3, 0.4) is 0 Å². The molecule has 2 atom stereocenters. The van der Waals surface area contributed by atoms with Crippen molar-refractivity contribution in [3.05, 3.63) is 35.6 Å². The number of nitrogens with two attached hydrogens (primary N) is 1. The molecule has 0 aromatic heterocycles. The number of carbonyl (C=O) groups is 1. The standard InChI is InChI=1S/C12H14F4N2O3S/c1-7(12(14,15)16)22(20,21)18(2)10(11(17)19)8-4-3-5-9(13)6-8/h3-7,10H,1-2H3,(H2,17,19)/t7-,10-/m1/s1. The zero-order valence-corrected chi connectivity index (χ0v) is 12.5. The highest BCUT2D eigenvalue weighted by atomic mass is 32.2. The lowest BCUT2D eigenvalue weighted by Gasteiger charge is -2.29. The summed E-state index contributed by atoms with van der Waals surface area (Å²) >= 11 is 0. The van der Waals surface area contributed by atoms with Crippen molar-refractivity contribution in [2.24, 2.45) is 5.73 Å². The van der Waals surface area contributed by atoms with Gasteiger partial charge in [0.05, 0.1) is 0 Å². The summed E-state index contributed by atoms with van der Waals surface area (Å²) in [5.41, 5.74) is 4.92. The third kappa shape index (κ3) is 3.74. The van der Waals surface area contributed by atoms with Crippen LogP contribution in [0.1, 0.15) is 18.5 Å². The second kappa shape index (κ2) is 6.21. The molecule has 0 heterocycles. The third-order valence-corrected chi connectivity index (χ3v) is 5.28. The van der Waals surface area contributed by atoms with Crippen molar-refractivity contribution in [2.45, 2.75) is 24.4 Å². The highest BCUT2D eigenvalue weighted by Crippen LogP contribution is 2.31. The van der Waals surface area contributed by atoms with Gasteiger partial charge in [0.2, 0.25) is 15.9 Å². The number of primary amides is 1. The van der Waals surface area contributed by atoms with Gasteiger partial charge in [0.15, 0.2) is 5.25 Å². The van der Waals surface area contributed by atoms with Crippen LogP contribution in [0.5, 0.6) is 0 Å². The van der Waals surface area contributed by atoms with Crippen molar-refractivity contribution in [3.63, 3.8) is 0 Å². The Hall–Kier alpha value is -1.68. The lowest BCUT2D eigenvalue weighted by Crippen LogP contribution is -2.47. The number of sulfonamides is 1. The fourth-order valence-corrected chi connectivity index (χ4v) is 3.15. The number of hydrogen-bond donors (Lipinski definition) is 1. The number of benzene rings is 1. The van der Waals surface area contributed by atoms with Gasteiger partial charge in [0.1, 0.15) is 11.9 Å². The first-order valence-corrected chi connectivity index (χ1v) is 7.47. The maximum absolute atomic E-state index is 13.2. The zero-order valence-electron chi connectivity index (χ0n) is 11.6. The van der Waals surface area contributed by atoms with E-state index >= 15 is 0 Å². The molecule has 0 saturated heterocycles. The monoisotopic (exact) mass is 342 g/mol. The summed E-state index contributed by atoms with van der Waals surface area (Å²) in [6.45, 7) is 0.454. The van der Waals surface area contributed by atoms with Gasteiger partial charge in [0, 0.05) is 7.05 Å². The Labute approximate surface area is 124 Å². The number of likely N-dealkylation sites (N-methyl/N-ethyl adjacent to an activating group) is 1. The van der Waals surface area contributed by atoms with Crippen LogP contribution in [0.2, 0.25) is 0 Å². The van der Waals surface area contributed by atoms with Crippen molar-refractivity contribution in [1.82, 2.24) is 4.31 Å². The minimum atomic E-state index is -5.02. The maximum Gasteiger partial charge on any atom is 0.406 e. The average molecular weight is 342 g/mol. The average Bonchev–Trinajstić information content (AvgIpc) is 2.36. The highest BCUT2D eigenvalue weighted by molar-refractivity contribution is 7.89. The highest BCUT2D eigenvalue weighted by Gasteiger charge is 2.49. The summed E-state index contributed by atoms with van der Waals surface area (Å²) in [6, 6.07) is 2.51. The molecule has 2 N–H and O–H groups in total. The minimum Gasteiger partial charge on any atom is -0.368 e. The van der Waals surface area contributed by atoms with E-state index < -0.39 is 39.2 Å². The number of halogens is 4. The van der Waals surface area contributed by atoms with Crippen LogP contribution in [0.25, 0.3) is 0 Å². The summed E-state index contributed by atoms with van der Waals surface area (Å²) in [5, 5.41) is -2.74.